The van der Waals surface area contributed by atoms with Gasteiger partial charge in [0, 0.05) is 0 Å². The lowest BCUT2D eigenvalue weighted by molar-refractivity contribution is 0.756. The average Bonchev–Trinajstić information content (AvgIpc) is 2.78. The minimum absolute atomic E-state index is 0.339. The van der Waals surface area contributed by atoms with Crippen molar-refractivity contribution in [3.8, 4) is 11.8 Å². The molecule has 86 valence electrons. The van der Waals surface area contributed by atoms with E-state index in [-0.39, 0.29) is 0 Å². The van der Waals surface area contributed by atoms with Gasteiger partial charge in [-0.05, 0) is 47.5 Å². The molecule has 0 fully saturated rings. The van der Waals surface area contributed by atoms with E-state index in [0.717, 1.165) is 5.69 Å². The fourth-order valence-electron chi connectivity index (χ4n) is 1.39. The van der Waals surface area contributed by atoms with Crippen molar-refractivity contribution in [3.63, 3.8) is 0 Å². The molecule has 2 rings (SSSR count). The second-order valence-electron chi connectivity index (χ2n) is 3.59. The number of tetrazole rings is 1. The van der Waals surface area contributed by atoms with Gasteiger partial charge in [-0.25, -0.2) is 0 Å². The zero-order chi connectivity index (χ0) is 12.3. The Balaban J connectivity index is 2.36. The molecule has 0 saturated heterocycles. The number of nitrogens with zero attached hydrogens (tertiary/aromatic N) is 5. The summed E-state index contributed by atoms with van der Waals surface area (Å²) in [7, 11) is 0. The molecule has 0 aliphatic rings. The van der Waals surface area contributed by atoms with Gasteiger partial charge in [0.15, 0.2) is 0 Å². The van der Waals surface area contributed by atoms with Crippen molar-refractivity contribution >= 4 is 11.8 Å². The SMILES string of the molecule is Cc1ccc(-n2nnnc2SCC#N)cc1C. The summed E-state index contributed by atoms with van der Waals surface area (Å²) in [6.45, 7) is 4.11. The molecular formula is C11H11N5S. The van der Waals surface area contributed by atoms with E-state index in [1.165, 1.54) is 22.9 Å². The Morgan fingerprint density at radius 2 is 2.18 bits per heavy atom. The van der Waals surface area contributed by atoms with Crippen LogP contribution in [0.15, 0.2) is 23.4 Å². The second-order valence-corrected chi connectivity index (χ2v) is 4.53. The highest BCUT2D eigenvalue weighted by Gasteiger charge is 2.08. The Kier molecular flexibility index (Phi) is 3.40. The van der Waals surface area contributed by atoms with Crippen molar-refractivity contribution in [2.45, 2.75) is 19.0 Å². The average molecular weight is 245 g/mol. The van der Waals surface area contributed by atoms with Crippen molar-refractivity contribution in [1.29, 1.82) is 5.26 Å². The largest absolute Gasteiger partial charge is 0.215 e. The number of hydrogen-bond acceptors (Lipinski definition) is 5. The third kappa shape index (κ3) is 2.45. The lowest BCUT2D eigenvalue weighted by Gasteiger charge is -2.05. The molecule has 5 nitrogen and oxygen atoms in total. The van der Waals surface area contributed by atoms with Crippen molar-refractivity contribution in [2.75, 3.05) is 5.75 Å². The van der Waals surface area contributed by atoms with Crippen molar-refractivity contribution in [3.05, 3.63) is 29.3 Å². The van der Waals surface area contributed by atoms with Crippen LogP contribution in [-0.2, 0) is 0 Å². The molecule has 0 spiro atoms. The lowest BCUT2D eigenvalue weighted by atomic mass is 10.1. The molecule has 1 aromatic carbocycles. The maximum Gasteiger partial charge on any atom is 0.215 e. The Morgan fingerprint density at radius 3 is 2.88 bits per heavy atom. The number of aromatic nitrogens is 4. The van der Waals surface area contributed by atoms with E-state index in [1.54, 1.807) is 4.68 Å². The van der Waals surface area contributed by atoms with Crippen molar-refractivity contribution in [1.82, 2.24) is 20.2 Å². The van der Waals surface area contributed by atoms with Gasteiger partial charge in [0.25, 0.3) is 0 Å². The lowest BCUT2D eigenvalue weighted by Crippen LogP contribution is -2.00. The first-order chi connectivity index (χ1) is 8.22. The van der Waals surface area contributed by atoms with Crippen LogP contribution >= 0.6 is 11.8 Å². The van der Waals surface area contributed by atoms with Crippen LogP contribution in [0.4, 0.5) is 0 Å². The van der Waals surface area contributed by atoms with Gasteiger partial charge in [-0.15, -0.1) is 5.10 Å². The zero-order valence-electron chi connectivity index (χ0n) is 9.58. The number of rotatable bonds is 3. The number of nitriles is 1. The molecule has 17 heavy (non-hydrogen) atoms. The number of aryl methyl sites for hydroxylation is 2. The molecule has 0 atom stereocenters. The number of hydrogen-bond donors (Lipinski definition) is 0. The van der Waals surface area contributed by atoms with Gasteiger partial charge >= 0.3 is 0 Å². The Hall–Kier alpha value is -1.87. The van der Waals surface area contributed by atoms with Crippen molar-refractivity contribution < 1.29 is 0 Å². The number of benzene rings is 1. The van der Waals surface area contributed by atoms with Crippen LogP contribution in [-0.4, -0.2) is 26.0 Å². The van der Waals surface area contributed by atoms with E-state index < -0.39 is 0 Å². The van der Waals surface area contributed by atoms with Crippen LogP contribution in [0.3, 0.4) is 0 Å². The van der Waals surface area contributed by atoms with Gasteiger partial charge in [-0.1, -0.05) is 17.8 Å². The molecule has 0 amide bonds. The van der Waals surface area contributed by atoms with E-state index in [0.29, 0.717) is 10.9 Å². The standard InChI is InChI=1S/C11H11N5S/c1-8-3-4-10(7-9(8)2)16-11(13-14-15-16)17-6-5-12/h3-4,7H,6H2,1-2H3. The molecule has 0 aliphatic carbocycles. The molecule has 6 heteroatoms. The molecular weight excluding hydrogens is 234 g/mol. The maximum atomic E-state index is 8.56. The predicted octanol–water partition coefficient (Wildman–Crippen LogP) is 1.89. The van der Waals surface area contributed by atoms with Crippen LogP contribution < -0.4 is 0 Å². The molecule has 1 heterocycles. The highest BCUT2D eigenvalue weighted by atomic mass is 32.2. The first kappa shape index (κ1) is 11.6. The normalized spacial score (nSPS) is 10.2. The molecule has 0 aliphatic heterocycles. The summed E-state index contributed by atoms with van der Waals surface area (Å²) >= 11 is 1.32. The molecule has 0 unspecified atom stereocenters. The summed E-state index contributed by atoms with van der Waals surface area (Å²) in [4.78, 5) is 0. The van der Waals surface area contributed by atoms with E-state index in [2.05, 4.69) is 28.5 Å². The maximum absolute atomic E-state index is 8.56. The highest BCUT2D eigenvalue weighted by Crippen LogP contribution is 2.19. The van der Waals surface area contributed by atoms with Gasteiger partial charge < -0.3 is 0 Å². The number of thioether (sulfide) groups is 1. The first-order valence-electron chi connectivity index (χ1n) is 5.08. The molecule has 2 aromatic rings. The molecule has 0 saturated carbocycles. The second kappa shape index (κ2) is 4.97. The van der Waals surface area contributed by atoms with Gasteiger partial charge in [0.05, 0.1) is 17.5 Å². The Labute approximate surface area is 103 Å². The van der Waals surface area contributed by atoms with Crippen LogP contribution in [0.2, 0.25) is 0 Å². The summed E-state index contributed by atoms with van der Waals surface area (Å²) in [6, 6.07) is 8.09. The van der Waals surface area contributed by atoms with E-state index in [9.17, 15) is 0 Å². The summed E-state index contributed by atoms with van der Waals surface area (Å²) in [5.41, 5.74) is 3.33. The zero-order valence-corrected chi connectivity index (χ0v) is 10.4. The van der Waals surface area contributed by atoms with Crippen molar-refractivity contribution in [2.24, 2.45) is 0 Å². The third-order valence-electron chi connectivity index (χ3n) is 2.44. The monoisotopic (exact) mass is 245 g/mol. The van der Waals surface area contributed by atoms with E-state index in [4.69, 9.17) is 5.26 Å². The predicted molar refractivity (Wildman–Crippen MR) is 65.0 cm³/mol. The third-order valence-corrected chi connectivity index (χ3v) is 3.23. The molecule has 1 aromatic heterocycles. The van der Waals surface area contributed by atoms with Gasteiger partial charge in [0.1, 0.15) is 0 Å². The molecule has 0 N–H and O–H groups in total. The van der Waals surface area contributed by atoms with Crippen LogP contribution in [0.25, 0.3) is 5.69 Å². The van der Waals surface area contributed by atoms with E-state index >= 15 is 0 Å². The smallest absolute Gasteiger partial charge is 0.197 e. The van der Waals surface area contributed by atoms with E-state index in [1.807, 2.05) is 25.1 Å². The quantitative estimate of drug-likeness (QED) is 0.772. The fourth-order valence-corrected chi connectivity index (χ4v) is 1.94. The minimum Gasteiger partial charge on any atom is -0.197 e. The van der Waals surface area contributed by atoms with Gasteiger partial charge in [0.2, 0.25) is 5.16 Å². The first-order valence-corrected chi connectivity index (χ1v) is 6.06. The molecule has 0 bridgehead atoms. The van der Waals surface area contributed by atoms with Gasteiger partial charge in [-0.2, -0.15) is 9.94 Å². The van der Waals surface area contributed by atoms with Crippen LogP contribution in [0.5, 0.6) is 0 Å². The highest BCUT2D eigenvalue weighted by molar-refractivity contribution is 7.99. The van der Waals surface area contributed by atoms with Crippen LogP contribution in [0.1, 0.15) is 11.1 Å². The Morgan fingerprint density at radius 1 is 1.35 bits per heavy atom. The fraction of sp³-hybridized carbons (Fsp3) is 0.273. The Bertz CT molecular complexity index is 569. The molecule has 0 radical (unpaired) electrons. The summed E-state index contributed by atoms with van der Waals surface area (Å²) in [6.07, 6.45) is 0. The summed E-state index contributed by atoms with van der Waals surface area (Å²) in [5.74, 6) is 0.339. The van der Waals surface area contributed by atoms with Gasteiger partial charge in [-0.3, -0.25) is 0 Å². The summed E-state index contributed by atoms with van der Waals surface area (Å²) in [5, 5.41) is 20.7. The topological polar surface area (TPSA) is 67.4 Å². The minimum atomic E-state index is 0.339. The van der Waals surface area contributed by atoms with Crippen LogP contribution in [0, 0.1) is 25.2 Å². The summed E-state index contributed by atoms with van der Waals surface area (Å²) < 4.78 is 1.65.